The molecule has 0 amide bonds. The Hall–Kier alpha value is -1.84. The molecule has 3 rings (SSSR count). The van der Waals surface area contributed by atoms with Gasteiger partial charge >= 0.3 is 0 Å². The predicted octanol–water partition coefficient (Wildman–Crippen LogP) is 4.28. The summed E-state index contributed by atoms with van der Waals surface area (Å²) in [5.74, 6) is 0.999. The molecule has 3 aromatic rings. The summed E-state index contributed by atoms with van der Waals surface area (Å²) in [6.07, 6.45) is 1.47. The number of hydrogen-bond donors (Lipinski definition) is 1. The average Bonchev–Trinajstić information content (AvgIpc) is 2.85. The summed E-state index contributed by atoms with van der Waals surface area (Å²) in [4.78, 5) is 4.79. The fourth-order valence-electron chi connectivity index (χ4n) is 2.83. The number of imidazole rings is 1. The minimum absolute atomic E-state index is 0.174. The molecule has 1 N–H and O–H groups in total. The van der Waals surface area contributed by atoms with E-state index >= 15 is 0 Å². The van der Waals surface area contributed by atoms with Crippen LogP contribution in [0.1, 0.15) is 28.9 Å². The fraction of sp³-hybridized carbons (Fsp3) is 0.316. The number of aliphatic hydroxyl groups is 1. The Labute approximate surface area is 141 Å². The minimum Gasteiger partial charge on any atom is -0.396 e. The van der Waals surface area contributed by atoms with Gasteiger partial charge in [0.1, 0.15) is 5.82 Å². The highest BCUT2D eigenvalue weighted by atomic mass is 35.5. The van der Waals surface area contributed by atoms with Gasteiger partial charge in [-0.1, -0.05) is 29.8 Å². The fourth-order valence-corrected chi connectivity index (χ4v) is 3.03. The third kappa shape index (κ3) is 3.26. The molecule has 0 radical (unpaired) electrons. The Kier molecular flexibility index (Phi) is 4.69. The molecule has 0 spiro atoms. The number of fused-ring (bicyclic) bond motifs is 1. The number of aryl methyl sites for hydroxylation is 3. The van der Waals surface area contributed by atoms with Crippen LogP contribution < -0.4 is 0 Å². The van der Waals surface area contributed by atoms with Crippen molar-refractivity contribution in [2.75, 3.05) is 6.61 Å². The molecule has 0 aliphatic rings. The zero-order valence-corrected chi connectivity index (χ0v) is 14.3. The number of benzene rings is 2. The molecule has 1 heterocycles. The van der Waals surface area contributed by atoms with Gasteiger partial charge < -0.3 is 9.67 Å². The molecular formula is C19H21ClN2O. The van der Waals surface area contributed by atoms with E-state index in [-0.39, 0.29) is 6.61 Å². The van der Waals surface area contributed by atoms with Gasteiger partial charge in [-0.05, 0) is 55.2 Å². The summed E-state index contributed by atoms with van der Waals surface area (Å²) in [5, 5.41) is 9.93. The molecule has 4 heteroatoms. The number of aromatic nitrogens is 2. The smallest absolute Gasteiger partial charge is 0.110 e. The maximum Gasteiger partial charge on any atom is 0.110 e. The van der Waals surface area contributed by atoms with E-state index in [1.807, 2.05) is 24.3 Å². The van der Waals surface area contributed by atoms with Crippen LogP contribution in [0.5, 0.6) is 0 Å². The Morgan fingerprint density at radius 1 is 1.13 bits per heavy atom. The van der Waals surface area contributed by atoms with Crippen molar-refractivity contribution in [2.24, 2.45) is 0 Å². The molecule has 0 atom stereocenters. The van der Waals surface area contributed by atoms with Gasteiger partial charge in [-0.3, -0.25) is 0 Å². The van der Waals surface area contributed by atoms with Crippen molar-refractivity contribution in [2.45, 2.75) is 33.2 Å². The third-order valence-corrected chi connectivity index (χ3v) is 4.66. The molecule has 1 aromatic heterocycles. The van der Waals surface area contributed by atoms with E-state index in [4.69, 9.17) is 21.7 Å². The summed E-state index contributed by atoms with van der Waals surface area (Å²) >= 11 is 6.33. The van der Waals surface area contributed by atoms with Crippen molar-refractivity contribution in [3.8, 4) is 0 Å². The van der Waals surface area contributed by atoms with Crippen LogP contribution in [0.25, 0.3) is 11.0 Å². The number of hydrogen-bond acceptors (Lipinski definition) is 2. The maximum atomic E-state index is 9.16. The van der Waals surface area contributed by atoms with Crippen LogP contribution in [0.2, 0.25) is 5.02 Å². The molecule has 0 aliphatic carbocycles. The lowest BCUT2D eigenvalue weighted by molar-refractivity contribution is 0.287. The van der Waals surface area contributed by atoms with Crippen molar-refractivity contribution in [1.82, 2.24) is 9.55 Å². The highest BCUT2D eigenvalue weighted by molar-refractivity contribution is 6.31. The molecule has 0 saturated heterocycles. The zero-order chi connectivity index (χ0) is 16.4. The highest BCUT2D eigenvalue weighted by Gasteiger charge is 2.13. The number of aliphatic hydroxyl groups excluding tert-OH is 1. The van der Waals surface area contributed by atoms with Crippen molar-refractivity contribution < 1.29 is 5.11 Å². The van der Waals surface area contributed by atoms with Crippen LogP contribution in [-0.4, -0.2) is 21.3 Å². The van der Waals surface area contributed by atoms with Gasteiger partial charge in [-0.2, -0.15) is 0 Å². The summed E-state index contributed by atoms with van der Waals surface area (Å²) < 4.78 is 2.22. The Morgan fingerprint density at radius 2 is 1.87 bits per heavy atom. The van der Waals surface area contributed by atoms with Gasteiger partial charge in [0.2, 0.25) is 0 Å². The quantitative estimate of drug-likeness (QED) is 0.759. The molecule has 0 bridgehead atoms. The van der Waals surface area contributed by atoms with Crippen molar-refractivity contribution in [1.29, 1.82) is 0 Å². The van der Waals surface area contributed by atoms with E-state index in [1.165, 1.54) is 11.1 Å². The molecular weight excluding hydrogens is 308 g/mol. The van der Waals surface area contributed by atoms with Gasteiger partial charge in [0.25, 0.3) is 0 Å². The summed E-state index contributed by atoms with van der Waals surface area (Å²) in [5.41, 5.74) is 5.71. The van der Waals surface area contributed by atoms with Crippen LogP contribution in [0, 0.1) is 13.8 Å². The first-order valence-electron chi connectivity index (χ1n) is 7.91. The van der Waals surface area contributed by atoms with Crippen LogP contribution in [0.4, 0.5) is 0 Å². The first kappa shape index (κ1) is 16.0. The highest BCUT2D eigenvalue weighted by Crippen LogP contribution is 2.24. The molecule has 0 fully saturated rings. The maximum absolute atomic E-state index is 9.16. The number of halogens is 1. The van der Waals surface area contributed by atoms with E-state index in [0.717, 1.165) is 33.9 Å². The Bertz CT molecular complexity index is 839. The lowest BCUT2D eigenvalue weighted by Gasteiger charge is -2.11. The average molecular weight is 329 g/mol. The first-order valence-corrected chi connectivity index (χ1v) is 8.28. The summed E-state index contributed by atoms with van der Waals surface area (Å²) in [7, 11) is 0. The van der Waals surface area contributed by atoms with Crippen molar-refractivity contribution >= 4 is 22.6 Å². The van der Waals surface area contributed by atoms with Crippen molar-refractivity contribution in [3.05, 3.63) is 63.9 Å². The molecule has 0 saturated carbocycles. The van der Waals surface area contributed by atoms with E-state index in [1.54, 1.807) is 0 Å². The van der Waals surface area contributed by atoms with Crippen LogP contribution >= 0.6 is 11.6 Å². The van der Waals surface area contributed by atoms with Gasteiger partial charge in [0.05, 0.1) is 17.6 Å². The number of rotatable bonds is 5. The molecule has 0 aliphatic heterocycles. The Balaban J connectivity index is 2.11. The van der Waals surface area contributed by atoms with E-state index in [9.17, 15) is 0 Å². The lowest BCUT2D eigenvalue weighted by Crippen LogP contribution is -2.06. The lowest BCUT2D eigenvalue weighted by atomic mass is 10.1. The second kappa shape index (κ2) is 6.73. The Morgan fingerprint density at radius 3 is 2.61 bits per heavy atom. The van der Waals surface area contributed by atoms with Gasteiger partial charge in [-0.25, -0.2) is 4.98 Å². The second-order valence-electron chi connectivity index (χ2n) is 5.96. The molecule has 3 nitrogen and oxygen atoms in total. The van der Waals surface area contributed by atoms with Gasteiger partial charge in [0, 0.05) is 18.1 Å². The number of nitrogens with zero attached hydrogens (tertiary/aromatic N) is 2. The normalized spacial score (nSPS) is 11.3. The minimum atomic E-state index is 0.174. The molecule has 0 unspecified atom stereocenters. The van der Waals surface area contributed by atoms with E-state index < -0.39 is 0 Å². The van der Waals surface area contributed by atoms with Gasteiger partial charge in [-0.15, -0.1) is 0 Å². The molecule has 2 aromatic carbocycles. The molecule has 23 heavy (non-hydrogen) atoms. The second-order valence-corrected chi connectivity index (χ2v) is 6.37. The SMILES string of the molecule is Cc1cc2nc(CCCO)n(Cc3ccccc3Cl)c2cc1C. The van der Waals surface area contributed by atoms with E-state index in [0.29, 0.717) is 13.0 Å². The molecule has 120 valence electrons. The van der Waals surface area contributed by atoms with Gasteiger partial charge in [0.15, 0.2) is 0 Å². The standard InChI is InChI=1S/C19H21ClN2O/c1-13-10-17-18(11-14(13)2)22(19(21-17)8-5-9-23)12-15-6-3-4-7-16(15)20/h3-4,6-7,10-11,23H,5,8-9,12H2,1-2H3. The van der Waals surface area contributed by atoms with Crippen LogP contribution in [0.3, 0.4) is 0 Å². The summed E-state index contributed by atoms with van der Waals surface area (Å²) in [6, 6.07) is 12.2. The van der Waals surface area contributed by atoms with Crippen LogP contribution in [-0.2, 0) is 13.0 Å². The topological polar surface area (TPSA) is 38.1 Å². The van der Waals surface area contributed by atoms with Crippen LogP contribution in [0.15, 0.2) is 36.4 Å². The largest absolute Gasteiger partial charge is 0.396 e. The monoisotopic (exact) mass is 328 g/mol. The van der Waals surface area contributed by atoms with E-state index in [2.05, 4.69) is 30.5 Å². The summed E-state index contributed by atoms with van der Waals surface area (Å²) in [6.45, 7) is 5.09. The zero-order valence-electron chi connectivity index (χ0n) is 13.5. The van der Waals surface area contributed by atoms with Crippen molar-refractivity contribution in [3.63, 3.8) is 0 Å². The third-order valence-electron chi connectivity index (χ3n) is 4.29. The predicted molar refractivity (Wildman–Crippen MR) is 95.2 cm³/mol. The first-order chi connectivity index (χ1) is 11.1.